The van der Waals surface area contributed by atoms with Gasteiger partial charge in [0.2, 0.25) is 0 Å². The van der Waals surface area contributed by atoms with Gasteiger partial charge in [-0.3, -0.25) is 4.79 Å². The lowest BCUT2D eigenvalue weighted by Gasteiger charge is -2.13. The largest absolute Gasteiger partial charge is 0.448 e. The number of benzene rings is 1. The van der Waals surface area contributed by atoms with Crippen LogP contribution in [-0.2, 0) is 9.53 Å². The van der Waals surface area contributed by atoms with Gasteiger partial charge < -0.3 is 15.0 Å². The van der Waals surface area contributed by atoms with Gasteiger partial charge in [0.15, 0.2) is 6.10 Å². The normalized spacial score (nSPS) is 11.7. The number of amides is 1. The maximum Gasteiger partial charge on any atom is 0.355 e. The van der Waals surface area contributed by atoms with Gasteiger partial charge in [0.05, 0.1) is 0 Å². The van der Waals surface area contributed by atoms with Crippen molar-refractivity contribution in [2.45, 2.75) is 13.0 Å². The Hall–Kier alpha value is -2.08. The van der Waals surface area contributed by atoms with E-state index in [0.29, 0.717) is 11.4 Å². The zero-order valence-electron chi connectivity index (χ0n) is 10.7. The Bertz CT molecular complexity index is 593. The number of H-pyrrole nitrogens is 1. The summed E-state index contributed by atoms with van der Waals surface area (Å²) < 4.78 is 5.98. The van der Waals surface area contributed by atoms with E-state index in [4.69, 9.17) is 4.74 Å². The van der Waals surface area contributed by atoms with E-state index < -0.39 is 12.1 Å². The minimum atomic E-state index is -0.880. The van der Waals surface area contributed by atoms with E-state index in [0.717, 1.165) is 4.47 Å². The van der Waals surface area contributed by atoms with Crippen LogP contribution in [0.4, 0.5) is 5.69 Å². The highest BCUT2D eigenvalue weighted by Gasteiger charge is 2.19. The number of esters is 1. The maximum absolute atomic E-state index is 11.9. The molecule has 1 heterocycles. The molecule has 0 aliphatic heterocycles. The number of anilines is 1. The van der Waals surface area contributed by atoms with Gasteiger partial charge in [-0.15, -0.1) is 0 Å². The van der Waals surface area contributed by atoms with Crippen LogP contribution >= 0.6 is 15.9 Å². The Morgan fingerprint density at radius 1 is 1.25 bits per heavy atom. The van der Waals surface area contributed by atoms with Crippen LogP contribution in [0, 0.1) is 0 Å². The van der Waals surface area contributed by atoms with Crippen LogP contribution in [0.25, 0.3) is 0 Å². The second-order valence-corrected chi connectivity index (χ2v) is 5.04. The quantitative estimate of drug-likeness (QED) is 0.843. The van der Waals surface area contributed by atoms with Crippen molar-refractivity contribution >= 4 is 33.5 Å². The highest BCUT2D eigenvalue weighted by molar-refractivity contribution is 9.10. The van der Waals surface area contributed by atoms with E-state index in [2.05, 4.69) is 26.2 Å². The zero-order valence-corrected chi connectivity index (χ0v) is 12.3. The van der Waals surface area contributed by atoms with Gasteiger partial charge in [-0.2, -0.15) is 0 Å². The second-order valence-electron chi connectivity index (χ2n) is 4.13. The number of ether oxygens (including phenoxy) is 1. The monoisotopic (exact) mass is 336 g/mol. The number of hydrogen-bond donors (Lipinski definition) is 2. The van der Waals surface area contributed by atoms with E-state index in [9.17, 15) is 9.59 Å². The van der Waals surface area contributed by atoms with Crippen LogP contribution in [-0.4, -0.2) is 23.0 Å². The third kappa shape index (κ3) is 3.71. The molecule has 2 N–H and O–H groups in total. The molecule has 0 aliphatic rings. The van der Waals surface area contributed by atoms with Gasteiger partial charge in [-0.05, 0) is 43.3 Å². The molecule has 0 unspecified atom stereocenters. The molecule has 5 nitrogen and oxygen atoms in total. The van der Waals surface area contributed by atoms with Crippen LogP contribution in [0.1, 0.15) is 17.4 Å². The molecule has 104 valence electrons. The van der Waals surface area contributed by atoms with Crippen LogP contribution in [0.15, 0.2) is 47.1 Å². The molecule has 0 aliphatic carbocycles. The van der Waals surface area contributed by atoms with Crippen molar-refractivity contribution in [3.8, 4) is 0 Å². The Labute approximate surface area is 124 Å². The van der Waals surface area contributed by atoms with Crippen molar-refractivity contribution in [3.05, 3.63) is 52.8 Å². The molecular formula is C14H13BrN2O3. The van der Waals surface area contributed by atoms with Crippen LogP contribution in [0.3, 0.4) is 0 Å². The fraction of sp³-hybridized carbons (Fsp3) is 0.143. The van der Waals surface area contributed by atoms with Crippen LogP contribution in [0.2, 0.25) is 0 Å². The minimum Gasteiger partial charge on any atom is -0.448 e. The molecular weight excluding hydrogens is 324 g/mol. The predicted molar refractivity (Wildman–Crippen MR) is 78.4 cm³/mol. The zero-order chi connectivity index (χ0) is 14.5. The first-order chi connectivity index (χ1) is 9.56. The number of carbonyl (C=O) groups is 2. The number of carbonyl (C=O) groups excluding carboxylic acids is 2. The SMILES string of the molecule is C[C@@H](OC(=O)c1ccc[nH]1)C(=O)Nc1ccc(Br)cc1. The van der Waals surface area contributed by atoms with E-state index in [1.807, 2.05) is 12.1 Å². The topological polar surface area (TPSA) is 71.2 Å². The number of hydrogen-bond acceptors (Lipinski definition) is 3. The smallest absolute Gasteiger partial charge is 0.355 e. The lowest BCUT2D eigenvalue weighted by Crippen LogP contribution is -2.30. The maximum atomic E-state index is 11.9. The van der Waals surface area contributed by atoms with E-state index in [-0.39, 0.29) is 5.91 Å². The van der Waals surface area contributed by atoms with Gasteiger partial charge in [0.25, 0.3) is 5.91 Å². The molecule has 1 aromatic carbocycles. The molecule has 0 bridgehead atoms. The van der Waals surface area contributed by atoms with Crippen LogP contribution in [0.5, 0.6) is 0 Å². The average molecular weight is 337 g/mol. The second kappa shape index (κ2) is 6.38. The fourth-order valence-electron chi connectivity index (χ4n) is 1.51. The Morgan fingerprint density at radius 3 is 2.55 bits per heavy atom. The summed E-state index contributed by atoms with van der Waals surface area (Å²) in [5, 5.41) is 2.67. The van der Waals surface area contributed by atoms with Crippen LogP contribution < -0.4 is 5.32 Å². The summed E-state index contributed by atoms with van der Waals surface area (Å²) in [5.74, 6) is -0.944. The summed E-state index contributed by atoms with van der Waals surface area (Å²) in [6, 6.07) is 10.4. The molecule has 1 amide bonds. The molecule has 2 rings (SSSR count). The van der Waals surface area contributed by atoms with Crippen molar-refractivity contribution < 1.29 is 14.3 Å². The predicted octanol–water partition coefficient (Wildman–Crippen LogP) is 2.96. The molecule has 1 atom stereocenters. The van der Waals surface area contributed by atoms with Gasteiger partial charge >= 0.3 is 5.97 Å². The number of aromatic amines is 1. The van der Waals surface area contributed by atoms with Crippen molar-refractivity contribution in [2.75, 3.05) is 5.32 Å². The number of nitrogens with one attached hydrogen (secondary N) is 2. The first kappa shape index (κ1) is 14.3. The standard InChI is InChI=1S/C14H13BrN2O3/c1-9(20-14(19)12-3-2-8-16-12)13(18)17-11-6-4-10(15)5-7-11/h2-9,16H,1H3,(H,17,18)/t9-/m1/s1. The van der Waals surface area contributed by atoms with Gasteiger partial charge in [0.1, 0.15) is 5.69 Å². The Morgan fingerprint density at radius 2 is 1.95 bits per heavy atom. The lowest BCUT2D eigenvalue weighted by atomic mass is 10.3. The van der Waals surface area contributed by atoms with Crippen molar-refractivity contribution in [3.63, 3.8) is 0 Å². The minimum absolute atomic E-state index is 0.313. The summed E-state index contributed by atoms with van der Waals surface area (Å²) in [4.78, 5) is 26.3. The molecule has 2 aromatic rings. The van der Waals surface area contributed by atoms with Gasteiger partial charge in [0, 0.05) is 16.4 Å². The third-order valence-corrected chi connectivity index (χ3v) is 3.11. The first-order valence-corrected chi connectivity index (χ1v) is 6.76. The molecule has 0 fully saturated rings. The molecule has 6 heteroatoms. The molecule has 0 spiro atoms. The van der Waals surface area contributed by atoms with E-state index in [1.54, 1.807) is 30.5 Å². The molecule has 0 saturated carbocycles. The first-order valence-electron chi connectivity index (χ1n) is 5.97. The number of aromatic nitrogens is 1. The summed E-state index contributed by atoms with van der Waals surface area (Å²) in [6.07, 6.45) is 0.734. The van der Waals surface area contributed by atoms with Gasteiger partial charge in [-0.1, -0.05) is 15.9 Å². The summed E-state index contributed by atoms with van der Waals surface area (Å²) >= 11 is 3.31. The highest BCUT2D eigenvalue weighted by Crippen LogP contribution is 2.14. The van der Waals surface area contributed by atoms with E-state index in [1.165, 1.54) is 6.92 Å². The Balaban J connectivity index is 1.92. The molecule has 1 aromatic heterocycles. The lowest BCUT2D eigenvalue weighted by molar-refractivity contribution is -0.123. The Kier molecular flexibility index (Phi) is 4.57. The van der Waals surface area contributed by atoms with Crippen molar-refractivity contribution in [1.82, 2.24) is 4.98 Å². The van der Waals surface area contributed by atoms with Gasteiger partial charge in [-0.25, -0.2) is 4.79 Å². The summed E-state index contributed by atoms with van der Waals surface area (Å²) in [5.41, 5.74) is 0.953. The average Bonchev–Trinajstić information content (AvgIpc) is 2.95. The molecule has 0 radical (unpaired) electrons. The fourth-order valence-corrected chi connectivity index (χ4v) is 1.78. The summed E-state index contributed by atoms with van der Waals surface area (Å²) in [7, 11) is 0. The number of halogens is 1. The third-order valence-electron chi connectivity index (χ3n) is 2.58. The van der Waals surface area contributed by atoms with Crippen molar-refractivity contribution in [2.24, 2.45) is 0 Å². The number of rotatable bonds is 4. The summed E-state index contributed by atoms with van der Waals surface area (Å²) in [6.45, 7) is 1.52. The van der Waals surface area contributed by atoms with Crippen molar-refractivity contribution in [1.29, 1.82) is 0 Å². The van der Waals surface area contributed by atoms with E-state index >= 15 is 0 Å². The molecule has 20 heavy (non-hydrogen) atoms. The highest BCUT2D eigenvalue weighted by atomic mass is 79.9. The molecule has 0 saturated heterocycles.